The zero-order chi connectivity index (χ0) is 19.8. The topological polar surface area (TPSA) is 62.4 Å². The van der Waals surface area contributed by atoms with Crippen LogP contribution in [-0.4, -0.2) is 11.0 Å². The molecule has 0 unspecified atom stereocenters. The lowest BCUT2D eigenvalue weighted by molar-refractivity contribution is 0.0943. The van der Waals surface area contributed by atoms with Gasteiger partial charge in [0.1, 0.15) is 17.3 Å². The van der Waals surface area contributed by atoms with Gasteiger partial charge in [-0.05, 0) is 60.2 Å². The summed E-state index contributed by atoms with van der Waals surface area (Å²) in [6, 6.07) is 22.2. The molecule has 5 nitrogen and oxygen atoms in total. The summed E-state index contributed by atoms with van der Waals surface area (Å²) in [6.07, 6.45) is 0. The van der Waals surface area contributed by atoms with Crippen molar-refractivity contribution in [3.05, 3.63) is 95.8 Å². The maximum atomic E-state index is 12.9. The molecule has 1 amide bonds. The monoisotopic (exact) mass is 395 g/mol. The summed E-state index contributed by atoms with van der Waals surface area (Å²) in [5.74, 6) is 0.583. The number of halogens is 1. The second-order valence-corrected chi connectivity index (χ2v) is 6.24. The van der Waals surface area contributed by atoms with Crippen molar-refractivity contribution in [3.8, 4) is 11.5 Å². The maximum absolute atomic E-state index is 12.9. The van der Waals surface area contributed by atoms with Crippen LogP contribution in [0.1, 0.15) is 15.9 Å². The molecule has 0 spiro atoms. The van der Waals surface area contributed by atoms with Crippen molar-refractivity contribution >= 4 is 23.2 Å². The highest BCUT2D eigenvalue weighted by Crippen LogP contribution is 2.21. The van der Waals surface area contributed by atoms with Gasteiger partial charge in [0.05, 0.1) is 0 Å². The van der Waals surface area contributed by atoms with Crippen molar-refractivity contribution < 1.29 is 13.9 Å². The highest BCUT2D eigenvalue weighted by Gasteiger charge is 2.08. The van der Waals surface area contributed by atoms with Gasteiger partial charge >= 0.3 is 0 Å². The van der Waals surface area contributed by atoms with Gasteiger partial charge in [0, 0.05) is 12.1 Å². The molecule has 3 N–H and O–H groups in total. The number of rotatable bonds is 5. The number of carbonyl (C=O) groups is 1. The van der Waals surface area contributed by atoms with Gasteiger partial charge in [-0.1, -0.05) is 36.4 Å². The Morgan fingerprint density at radius 2 is 1.61 bits per heavy atom. The summed E-state index contributed by atoms with van der Waals surface area (Å²) < 4.78 is 18.6. The standard InChI is InChI=1S/C21H18FN3O2S/c22-17-11-9-15(10-12-17)14-23-21(28)25-24-20(26)16-5-4-8-19(13-16)27-18-6-2-1-3-7-18/h1-13H,14H2,(H,24,26)(H2,23,25,28). The highest BCUT2D eigenvalue weighted by molar-refractivity contribution is 7.80. The largest absolute Gasteiger partial charge is 0.457 e. The molecule has 3 aromatic carbocycles. The van der Waals surface area contributed by atoms with Crippen molar-refractivity contribution in [2.75, 3.05) is 0 Å². The van der Waals surface area contributed by atoms with Crippen LogP contribution in [-0.2, 0) is 6.54 Å². The summed E-state index contributed by atoms with van der Waals surface area (Å²) in [5, 5.41) is 3.17. The Bertz CT molecular complexity index is 949. The van der Waals surface area contributed by atoms with Crippen molar-refractivity contribution in [3.63, 3.8) is 0 Å². The van der Waals surface area contributed by atoms with Crippen molar-refractivity contribution in [1.82, 2.24) is 16.2 Å². The quantitative estimate of drug-likeness (QED) is 0.451. The van der Waals surface area contributed by atoms with E-state index in [2.05, 4.69) is 16.2 Å². The summed E-state index contributed by atoms with van der Waals surface area (Å²) in [6.45, 7) is 0.405. The van der Waals surface area contributed by atoms with E-state index in [4.69, 9.17) is 17.0 Å². The van der Waals surface area contributed by atoms with Crippen LogP contribution in [0.25, 0.3) is 0 Å². The molecule has 0 heterocycles. The number of para-hydroxylation sites is 1. The summed E-state index contributed by atoms with van der Waals surface area (Å²) in [7, 11) is 0. The molecule has 28 heavy (non-hydrogen) atoms. The maximum Gasteiger partial charge on any atom is 0.269 e. The minimum atomic E-state index is -0.357. The Morgan fingerprint density at radius 1 is 0.893 bits per heavy atom. The number of hydrazine groups is 1. The molecule has 0 fully saturated rings. The fourth-order valence-corrected chi connectivity index (χ4v) is 2.46. The Balaban J connectivity index is 1.49. The minimum Gasteiger partial charge on any atom is -0.457 e. The van der Waals surface area contributed by atoms with Crippen LogP contribution in [0.2, 0.25) is 0 Å². The van der Waals surface area contributed by atoms with E-state index in [9.17, 15) is 9.18 Å². The van der Waals surface area contributed by atoms with E-state index < -0.39 is 0 Å². The van der Waals surface area contributed by atoms with Gasteiger partial charge in [-0.3, -0.25) is 15.6 Å². The van der Waals surface area contributed by atoms with Gasteiger partial charge < -0.3 is 10.1 Å². The number of nitrogens with one attached hydrogen (secondary N) is 3. The van der Waals surface area contributed by atoms with E-state index in [1.54, 1.807) is 36.4 Å². The predicted octanol–water partition coefficient (Wildman–Crippen LogP) is 3.93. The number of hydrogen-bond donors (Lipinski definition) is 3. The van der Waals surface area contributed by atoms with E-state index in [1.165, 1.54) is 12.1 Å². The van der Waals surface area contributed by atoms with Crippen molar-refractivity contribution in [1.29, 1.82) is 0 Å². The average Bonchev–Trinajstić information content (AvgIpc) is 2.72. The third kappa shape index (κ3) is 5.78. The molecule has 142 valence electrons. The first-order chi connectivity index (χ1) is 13.6. The third-order valence-electron chi connectivity index (χ3n) is 3.73. The Hall–Kier alpha value is -3.45. The molecule has 0 aliphatic carbocycles. The molecule has 0 saturated heterocycles. The molecule has 0 bridgehead atoms. The van der Waals surface area contributed by atoms with E-state index in [0.717, 1.165) is 5.56 Å². The van der Waals surface area contributed by atoms with Gasteiger partial charge in [0.2, 0.25) is 0 Å². The normalized spacial score (nSPS) is 10.0. The van der Waals surface area contributed by atoms with Crippen LogP contribution in [0, 0.1) is 5.82 Å². The first kappa shape index (κ1) is 19.3. The SMILES string of the molecule is O=C(NNC(=S)NCc1ccc(F)cc1)c1cccc(Oc2ccccc2)c1. The molecule has 3 aromatic rings. The molecule has 0 saturated carbocycles. The van der Waals surface area contributed by atoms with Gasteiger partial charge in [-0.2, -0.15) is 0 Å². The zero-order valence-electron chi connectivity index (χ0n) is 14.8. The lowest BCUT2D eigenvalue weighted by Crippen LogP contribution is -2.46. The fourth-order valence-electron chi connectivity index (χ4n) is 2.34. The van der Waals surface area contributed by atoms with Crippen LogP contribution in [0.3, 0.4) is 0 Å². The highest BCUT2D eigenvalue weighted by atomic mass is 32.1. The molecule has 0 atom stereocenters. The summed E-state index contributed by atoms with van der Waals surface area (Å²) >= 11 is 5.12. The lowest BCUT2D eigenvalue weighted by atomic mass is 10.2. The molecule has 0 aliphatic heterocycles. The molecule has 0 aromatic heterocycles. The Kier molecular flexibility index (Phi) is 6.54. The van der Waals surface area contributed by atoms with Crippen LogP contribution in [0.15, 0.2) is 78.9 Å². The third-order valence-corrected chi connectivity index (χ3v) is 3.98. The second-order valence-electron chi connectivity index (χ2n) is 5.83. The van der Waals surface area contributed by atoms with Gasteiger partial charge in [0.25, 0.3) is 5.91 Å². The van der Waals surface area contributed by atoms with Gasteiger partial charge in [-0.25, -0.2) is 4.39 Å². The lowest BCUT2D eigenvalue weighted by Gasteiger charge is -2.12. The molecule has 0 aliphatic rings. The predicted molar refractivity (Wildman–Crippen MR) is 109 cm³/mol. The van der Waals surface area contributed by atoms with Crippen molar-refractivity contribution in [2.24, 2.45) is 0 Å². The Morgan fingerprint density at radius 3 is 2.36 bits per heavy atom. The van der Waals surface area contributed by atoms with Crippen LogP contribution < -0.4 is 20.9 Å². The van der Waals surface area contributed by atoms with Gasteiger partial charge in [0.15, 0.2) is 5.11 Å². The molecule has 7 heteroatoms. The van der Waals surface area contributed by atoms with E-state index in [-0.39, 0.29) is 16.8 Å². The Labute approximate surface area is 167 Å². The fraction of sp³-hybridized carbons (Fsp3) is 0.0476. The zero-order valence-corrected chi connectivity index (χ0v) is 15.6. The van der Waals surface area contributed by atoms with E-state index in [0.29, 0.717) is 23.6 Å². The molecule has 0 radical (unpaired) electrons. The summed E-state index contributed by atoms with van der Waals surface area (Å²) in [5.41, 5.74) is 6.45. The van der Waals surface area contributed by atoms with Gasteiger partial charge in [-0.15, -0.1) is 0 Å². The number of thiocarbonyl (C=S) groups is 1. The van der Waals surface area contributed by atoms with Crippen molar-refractivity contribution in [2.45, 2.75) is 6.54 Å². The van der Waals surface area contributed by atoms with E-state index >= 15 is 0 Å². The molecular weight excluding hydrogens is 377 g/mol. The molecule has 3 rings (SSSR count). The van der Waals surface area contributed by atoms with E-state index in [1.807, 2.05) is 30.3 Å². The van der Waals surface area contributed by atoms with Crippen LogP contribution in [0.5, 0.6) is 11.5 Å². The first-order valence-corrected chi connectivity index (χ1v) is 8.92. The minimum absolute atomic E-state index is 0.245. The number of amides is 1. The van der Waals surface area contributed by atoms with Crippen LogP contribution >= 0.6 is 12.2 Å². The smallest absolute Gasteiger partial charge is 0.269 e. The second kappa shape index (κ2) is 9.48. The van der Waals surface area contributed by atoms with Crippen LogP contribution in [0.4, 0.5) is 4.39 Å². The first-order valence-electron chi connectivity index (χ1n) is 8.52. The number of ether oxygens (including phenoxy) is 1. The molecular formula is C21H18FN3O2S. The number of hydrogen-bond acceptors (Lipinski definition) is 3. The summed E-state index contributed by atoms with van der Waals surface area (Å²) in [4.78, 5) is 12.3. The number of benzene rings is 3. The average molecular weight is 395 g/mol. The number of carbonyl (C=O) groups excluding carboxylic acids is 1.